The van der Waals surface area contributed by atoms with E-state index in [4.69, 9.17) is 5.73 Å². The molecule has 1 aromatic heterocycles. The van der Waals surface area contributed by atoms with Crippen LogP contribution >= 0.6 is 15.9 Å². The molecule has 0 amide bonds. The Morgan fingerprint density at radius 3 is 2.94 bits per heavy atom. The van der Waals surface area contributed by atoms with E-state index < -0.39 is 0 Å². The Kier molecular flexibility index (Phi) is 3.84. The van der Waals surface area contributed by atoms with E-state index in [9.17, 15) is 0 Å². The van der Waals surface area contributed by atoms with Gasteiger partial charge in [-0.25, -0.2) is 0 Å². The summed E-state index contributed by atoms with van der Waals surface area (Å²) in [7, 11) is 0. The number of nitrogens with zero attached hydrogens (tertiary/aromatic N) is 2. The number of rotatable bonds is 4. The van der Waals surface area contributed by atoms with Gasteiger partial charge in [0.2, 0.25) is 0 Å². The zero-order chi connectivity index (χ0) is 12.3. The van der Waals surface area contributed by atoms with Crippen LogP contribution in [0.1, 0.15) is 24.6 Å². The summed E-state index contributed by atoms with van der Waals surface area (Å²) in [6.07, 6.45) is 3.79. The van der Waals surface area contributed by atoms with Gasteiger partial charge in [0.05, 0.1) is 24.1 Å². The highest BCUT2D eigenvalue weighted by Gasteiger charge is 2.07. The predicted molar refractivity (Wildman–Crippen MR) is 73.9 cm³/mol. The number of hydrogen-bond donors (Lipinski definition) is 1. The first kappa shape index (κ1) is 12.2. The van der Waals surface area contributed by atoms with Crippen LogP contribution in [-0.2, 0) is 13.0 Å². The number of halogens is 1. The molecule has 4 heteroatoms. The molecule has 0 unspecified atom stereocenters. The Morgan fingerprint density at radius 1 is 1.41 bits per heavy atom. The van der Waals surface area contributed by atoms with Gasteiger partial charge in [-0.05, 0) is 24.1 Å². The van der Waals surface area contributed by atoms with Crippen molar-refractivity contribution in [1.82, 2.24) is 9.78 Å². The number of anilines is 1. The summed E-state index contributed by atoms with van der Waals surface area (Å²) in [5.41, 5.74) is 9.07. The second-order valence-corrected chi connectivity index (χ2v) is 5.00. The van der Waals surface area contributed by atoms with Gasteiger partial charge in [0.1, 0.15) is 0 Å². The molecule has 2 aromatic rings. The molecule has 0 spiro atoms. The maximum atomic E-state index is 5.92. The second kappa shape index (κ2) is 5.36. The number of aromatic nitrogens is 2. The number of hydrogen-bond acceptors (Lipinski definition) is 2. The SMILES string of the molecule is CCCc1c(N)cnn1Cc1cccc(Br)c1. The lowest BCUT2D eigenvalue weighted by Crippen LogP contribution is -2.07. The number of nitrogens with two attached hydrogens (primary N) is 1. The summed E-state index contributed by atoms with van der Waals surface area (Å²) < 4.78 is 3.08. The van der Waals surface area contributed by atoms with Gasteiger partial charge in [-0.1, -0.05) is 41.4 Å². The first-order valence-electron chi connectivity index (χ1n) is 5.75. The molecular weight excluding hydrogens is 278 g/mol. The smallest absolute Gasteiger partial charge is 0.0733 e. The van der Waals surface area contributed by atoms with Crippen molar-refractivity contribution in [1.29, 1.82) is 0 Å². The Bertz CT molecular complexity index is 505. The quantitative estimate of drug-likeness (QED) is 0.941. The standard InChI is InChI=1S/C13H16BrN3/c1-2-4-13-12(15)8-16-17(13)9-10-5-3-6-11(14)7-10/h3,5-8H,2,4,9,15H2,1H3. The van der Waals surface area contributed by atoms with Crippen LogP contribution in [0.25, 0.3) is 0 Å². The third-order valence-electron chi connectivity index (χ3n) is 2.69. The molecular formula is C13H16BrN3. The lowest BCUT2D eigenvalue weighted by Gasteiger charge is -2.08. The van der Waals surface area contributed by atoms with Crippen LogP contribution in [0.4, 0.5) is 5.69 Å². The Hall–Kier alpha value is -1.29. The molecule has 0 aliphatic heterocycles. The predicted octanol–water partition coefficient (Wildman–Crippen LogP) is 3.23. The lowest BCUT2D eigenvalue weighted by atomic mass is 10.2. The van der Waals surface area contributed by atoms with E-state index in [0.29, 0.717) is 0 Å². The van der Waals surface area contributed by atoms with Crippen molar-refractivity contribution in [3.05, 3.63) is 46.2 Å². The van der Waals surface area contributed by atoms with Gasteiger partial charge in [0.15, 0.2) is 0 Å². The second-order valence-electron chi connectivity index (χ2n) is 4.08. The summed E-state index contributed by atoms with van der Waals surface area (Å²) in [6.45, 7) is 2.92. The van der Waals surface area contributed by atoms with Crippen LogP contribution in [-0.4, -0.2) is 9.78 Å². The normalized spacial score (nSPS) is 10.7. The average Bonchev–Trinajstić information content (AvgIpc) is 2.62. The largest absolute Gasteiger partial charge is 0.396 e. The van der Waals surface area contributed by atoms with Crippen molar-refractivity contribution in [3.8, 4) is 0 Å². The maximum Gasteiger partial charge on any atom is 0.0733 e. The molecule has 90 valence electrons. The lowest BCUT2D eigenvalue weighted by molar-refractivity contribution is 0.638. The Labute approximate surface area is 110 Å². The molecule has 3 nitrogen and oxygen atoms in total. The molecule has 0 atom stereocenters. The van der Waals surface area contributed by atoms with Crippen molar-refractivity contribution in [2.24, 2.45) is 0 Å². The van der Waals surface area contributed by atoms with E-state index in [-0.39, 0.29) is 0 Å². The minimum absolute atomic E-state index is 0.770. The van der Waals surface area contributed by atoms with E-state index >= 15 is 0 Å². The zero-order valence-electron chi connectivity index (χ0n) is 9.86. The highest BCUT2D eigenvalue weighted by atomic mass is 79.9. The molecule has 0 saturated heterocycles. The molecule has 1 heterocycles. The molecule has 2 N–H and O–H groups in total. The van der Waals surface area contributed by atoms with Crippen LogP contribution in [0.5, 0.6) is 0 Å². The fourth-order valence-corrected chi connectivity index (χ4v) is 2.33. The van der Waals surface area contributed by atoms with Crippen molar-refractivity contribution in [3.63, 3.8) is 0 Å². The fourth-order valence-electron chi connectivity index (χ4n) is 1.88. The molecule has 1 aromatic carbocycles. The molecule has 17 heavy (non-hydrogen) atoms. The van der Waals surface area contributed by atoms with Crippen molar-refractivity contribution in [2.45, 2.75) is 26.3 Å². The van der Waals surface area contributed by atoms with Gasteiger partial charge in [-0.3, -0.25) is 4.68 Å². The van der Waals surface area contributed by atoms with Gasteiger partial charge < -0.3 is 5.73 Å². The monoisotopic (exact) mass is 293 g/mol. The van der Waals surface area contributed by atoms with Gasteiger partial charge in [-0.2, -0.15) is 5.10 Å². The summed E-state index contributed by atoms with van der Waals surface area (Å²) in [4.78, 5) is 0. The van der Waals surface area contributed by atoms with E-state index in [1.54, 1.807) is 6.20 Å². The van der Waals surface area contributed by atoms with Crippen LogP contribution in [0.2, 0.25) is 0 Å². The van der Waals surface area contributed by atoms with Crippen LogP contribution in [0.15, 0.2) is 34.9 Å². The van der Waals surface area contributed by atoms with Crippen LogP contribution in [0.3, 0.4) is 0 Å². The summed E-state index contributed by atoms with van der Waals surface area (Å²) in [6, 6.07) is 8.26. The fraction of sp³-hybridized carbons (Fsp3) is 0.308. The van der Waals surface area contributed by atoms with Crippen molar-refractivity contribution in [2.75, 3.05) is 5.73 Å². The van der Waals surface area contributed by atoms with Crippen LogP contribution < -0.4 is 5.73 Å². The van der Waals surface area contributed by atoms with Gasteiger partial charge >= 0.3 is 0 Å². The minimum atomic E-state index is 0.770. The molecule has 0 aliphatic rings. The third-order valence-corrected chi connectivity index (χ3v) is 3.18. The van der Waals surface area contributed by atoms with Gasteiger partial charge in [-0.15, -0.1) is 0 Å². The van der Waals surface area contributed by atoms with E-state index in [1.807, 2.05) is 16.8 Å². The Balaban J connectivity index is 2.24. The summed E-state index contributed by atoms with van der Waals surface area (Å²) >= 11 is 3.48. The summed E-state index contributed by atoms with van der Waals surface area (Å²) in [5.74, 6) is 0. The molecule has 2 rings (SSSR count). The third kappa shape index (κ3) is 2.88. The molecule has 0 radical (unpaired) electrons. The summed E-state index contributed by atoms with van der Waals surface area (Å²) in [5, 5.41) is 4.34. The molecule has 0 fully saturated rings. The van der Waals surface area contributed by atoms with Gasteiger partial charge in [0.25, 0.3) is 0 Å². The molecule has 0 aliphatic carbocycles. The van der Waals surface area contributed by atoms with Crippen molar-refractivity contribution >= 4 is 21.6 Å². The topological polar surface area (TPSA) is 43.8 Å². The Morgan fingerprint density at radius 2 is 2.24 bits per heavy atom. The first-order chi connectivity index (χ1) is 8.20. The minimum Gasteiger partial charge on any atom is -0.396 e. The average molecular weight is 294 g/mol. The van der Waals surface area contributed by atoms with E-state index in [0.717, 1.165) is 35.2 Å². The molecule has 0 bridgehead atoms. The highest BCUT2D eigenvalue weighted by molar-refractivity contribution is 9.10. The van der Waals surface area contributed by atoms with E-state index in [2.05, 4.69) is 40.1 Å². The highest BCUT2D eigenvalue weighted by Crippen LogP contribution is 2.17. The maximum absolute atomic E-state index is 5.92. The van der Waals surface area contributed by atoms with Crippen molar-refractivity contribution < 1.29 is 0 Å². The first-order valence-corrected chi connectivity index (χ1v) is 6.54. The number of benzene rings is 1. The van der Waals surface area contributed by atoms with E-state index in [1.165, 1.54) is 5.56 Å². The van der Waals surface area contributed by atoms with Gasteiger partial charge in [0, 0.05) is 4.47 Å². The number of nitrogen functional groups attached to an aromatic ring is 1. The molecule has 0 saturated carbocycles. The van der Waals surface area contributed by atoms with Crippen LogP contribution in [0, 0.1) is 0 Å². The zero-order valence-corrected chi connectivity index (χ0v) is 11.4.